The summed E-state index contributed by atoms with van der Waals surface area (Å²) in [6.45, 7) is 31.7. The molecule has 0 saturated carbocycles. The summed E-state index contributed by atoms with van der Waals surface area (Å²) in [6, 6.07) is 42.6. The molecule has 0 atom stereocenters. The van der Waals surface area contributed by atoms with Gasteiger partial charge in [0.15, 0.2) is 0 Å². The molecule has 0 saturated heterocycles. The van der Waals surface area contributed by atoms with E-state index in [0.717, 1.165) is 69.6 Å². The lowest BCUT2D eigenvalue weighted by Crippen LogP contribution is -2.62. The summed E-state index contributed by atoms with van der Waals surface area (Å²) in [7, 11) is 0. The number of nitrogens with zero attached hydrogens (tertiary/aromatic N) is 2. The van der Waals surface area contributed by atoms with Crippen molar-refractivity contribution in [3.05, 3.63) is 148 Å². The maximum Gasteiger partial charge on any atom is 0.333 e. The average Bonchev–Trinajstić information content (AvgIpc) is 3.92. The van der Waals surface area contributed by atoms with Gasteiger partial charge in [-0.05, 0) is 182 Å². The summed E-state index contributed by atoms with van der Waals surface area (Å²) in [5.41, 5.74) is 25.2. The highest BCUT2D eigenvalue weighted by Gasteiger charge is 2.50. The van der Waals surface area contributed by atoms with Crippen molar-refractivity contribution in [3.8, 4) is 11.1 Å². The van der Waals surface area contributed by atoms with Crippen LogP contribution in [0.15, 0.2) is 118 Å². The van der Waals surface area contributed by atoms with Crippen molar-refractivity contribution >= 4 is 90.1 Å². The number of hydrogen-bond donors (Lipinski definition) is 0. The summed E-state index contributed by atoms with van der Waals surface area (Å²) in [5, 5.41) is 4.61. The zero-order valence-corrected chi connectivity index (χ0v) is 44.9. The lowest BCUT2D eigenvalue weighted by molar-refractivity contribution is 0.332. The minimum Gasteiger partial charge on any atom is -0.456 e. The van der Waals surface area contributed by atoms with Crippen LogP contribution in [0.2, 0.25) is 0 Å². The van der Waals surface area contributed by atoms with E-state index in [-0.39, 0.29) is 39.3 Å². The Morgan fingerprint density at radius 1 is 0.444 bits per heavy atom. The summed E-state index contributed by atoms with van der Waals surface area (Å²) in [6.07, 6.45) is 6.93. The Hall–Kier alpha value is -6.20. The van der Waals surface area contributed by atoms with Crippen LogP contribution in [0.5, 0.6) is 0 Å². The van der Waals surface area contributed by atoms with Gasteiger partial charge >= 0.3 is 6.85 Å². The molecule has 14 rings (SSSR count). The van der Waals surface area contributed by atoms with Crippen molar-refractivity contribution < 1.29 is 8.83 Å². The van der Waals surface area contributed by atoms with Gasteiger partial charge in [0.05, 0.1) is 11.1 Å². The first-order valence-corrected chi connectivity index (χ1v) is 27.1. The van der Waals surface area contributed by atoms with Crippen LogP contribution in [-0.2, 0) is 32.5 Å². The van der Waals surface area contributed by atoms with Gasteiger partial charge in [0.1, 0.15) is 22.3 Å². The minimum atomic E-state index is -0.201. The maximum atomic E-state index is 7.32. The molecule has 0 bridgehead atoms. The van der Waals surface area contributed by atoms with Crippen molar-refractivity contribution in [2.75, 3.05) is 9.71 Å². The summed E-state index contributed by atoms with van der Waals surface area (Å²) < 4.78 is 14.2. The molecule has 0 unspecified atom stereocenters. The monoisotopic (exact) mass is 945 g/mol. The van der Waals surface area contributed by atoms with Gasteiger partial charge in [-0.1, -0.05) is 138 Å². The quantitative estimate of drug-likeness (QED) is 0.162. The van der Waals surface area contributed by atoms with Crippen LogP contribution >= 0.6 is 0 Å². The van der Waals surface area contributed by atoms with Crippen LogP contribution < -0.4 is 20.6 Å². The van der Waals surface area contributed by atoms with Crippen LogP contribution in [0.4, 0.5) is 28.4 Å². The highest BCUT2D eigenvalue weighted by atomic mass is 16.3. The van der Waals surface area contributed by atoms with Crippen molar-refractivity contribution in [1.82, 2.24) is 0 Å². The van der Waals surface area contributed by atoms with E-state index in [4.69, 9.17) is 8.83 Å². The molecular formula is C67H69BN2O2. The van der Waals surface area contributed by atoms with Gasteiger partial charge in [-0.25, -0.2) is 0 Å². The van der Waals surface area contributed by atoms with E-state index in [9.17, 15) is 0 Å². The molecule has 4 nitrogen and oxygen atoms in total. The number of benzene rings is 7. The van der Waals surface area contributed by atoms with Gasteiger partial charge < -0.3 is 18.5 Å². The van der Waals surface area contributed by atoms with E-state index in [1.54, 1.807) is 0 Å². The van der Waals surface area contributed by atoms with Gasteiger partial charge in [0.25, 0.3) is 0 Å². The summed E-state index contributed by atoms with van der Waals surface area (Å²) in [5.74, 6) is 0. The smallest absolute Gasteiger partial charge is 0.333 e. The third kappa shape index (κ3) is 5.88. The molecular weight excluding hydrogens is 876 g/mol. The third-order valence-corrected chi connectivity index (χ3v) is 19.5. The fourth-order valence-corrected chi connectivity index (χ4v) is 14.8. The lowest BCUT2D eigenvalue weighted by atomic mass is 9.43. The molecule has 0 N–H and O–H groups in total. The van der Waals surface area contributed by atoms with Crippen molar-refractivity contribution in [2.24, 2.45) is 0 Å². The van der Waals surface area contributed by atoms with E-state index < -0.39 is 0 Å². The van der Waals surface area contributed by atoms with Gasteiger partial charge in [0, 0.05) is 50.0 Å². The second-order valence-electron chi connectivity index (χ2n) is 26.9. The number of anilines is 5. The molecule has 2 aromatic heterocycles. The molecule has 5 aliphatic rings. The van der Waals surface area contributed by atoms with Crippen LogP contribution in [0.3, 0.4) is 0 Å². The van der Waals surface area contributed by atoms with Crippen LogP contribution in [0.25, 0.3) is 55.0 Å². The third-order valence-electron chi connectivity index (χ3n) is 19.5. The fraction of sp³-hybridized carbons (Fsp3) is 0.373. The molecule has 362 valence electrons. The molecule has 0 amide bonds. The van der Waals surface area contributed by atoms with Crippen LogP contribution in [0.1, 0.15) is 161 Å². The predicted molar refractivity (Wildman–Crippen MR) is 305 cm³/mol. The Balaban J connectivity index is 1.19. The first kappa shape index (κ1) is 44.5. The standard InChI is InChI=1S/C67H69BN2O2/c1-38-32-45-48(66(10,11)30-28-63(45,4)5)36-51(38)69-53-35-42-40-18-14-16-20-54(40)72-61(42)58-43-34-47-49(67(12,13)31-29-65(47,8)9)37-52(43)70(39-22-23-44-46(33-39)64(6,7)27-26-62(44,2)3)68(59(53)58)50-24-25-56-57(60(50)69)41-19-15-17-21-55(41)71-56/h14-25,32-37H,26-31H2,1-13H3. The summed E-state index contributed by atoms with van der Waals surface area (Å²) >= 11 is 0. The van der Waals surface area contributed by atoms with Gasteiger partial charge in [-0.2, -0.15) is 0 Å². The molecule has 2 aliphatic heterocycles. The number of para-hydroxylation sites is 2. The van der Waals surface area contributed by atoms with E-state index in [1.807, 2.05) is 0 Å². The number of furan rings is 2. The lowest BCUT2D eigenvalue weighted by Gasteiger charge is -2.49. The average molecular weight is 945 g/mol. The van der Waals surface area contributed by atoms with E-state index >= 15 is 0 Å². The topological polar surface area (TPSA) is 32.8 Å². The van der Waals surface area contributed by atoms with Crippen LogP contribution in [0, 0.1) is 6.92 Å². The van der Waals surface area contributed by atoms with Gasteiger partial charge in [0.2, 0.25) is 0 Å². The maximum absolute atomic E-state index is 7.32. The SMILES string of the molecule is Cc1cc2c(cc1N1c3cc4c(oc5ccccc54)c4c3B(c3ccc5oc6ccccc6c5c31)N(c1ccc3c(c1)C(C)(C)CCC3(C)C)c1cc3c(cc1-4)C(C)(C)CCC3(C)C)C(C)(C)CCC2(C)C. The molecule has 3 aliphatic carbocycles. The normalized spacial score (nSPS) is 20.3. The van der Waals surface area contributed by atoms with Gasteiger partial charge in [-0.15, -0.1) is 0 Å². The molecule has 9 aromatic rings. The zero-order valence-electron chi connectivity index (χ0n) is 44.9. The Bertz CT molecular complexity index is 3870. The second kappa shape index (κ2) is 14.1. The fourth-order valence-electron chi connectivity index (χ4n) is 14.8. The second-order valence-corrected chi connectivity index (χ2v) is 26.9. The molecule has 7 aromatic carbocycles. The largest absolute Gasteiger partial charge is 0.456 e. The molecule has 4 heterocycles. The number of hydrogen-bond acceptors (Lipinski definition) is 4. The summed E-state index contributed by atoms with van der Waals surface area (Å²) in [4.78, 5) is 5.47. The first-order chi connectivity index (χ1) is 34.1. The zero-order chi connectivity index (χ0) is 50.0. The Morgan fingerprint density at radius 2 is 0.972 bits per heavy atom. The molecule has 0 radical (unpaired) electrons. The van der Waals surface area contributed by atoms with Crippen LogP contribution in [-0.4, -0.2) is 6.85 Å². The van der Waals surface area contributed by atoms with E-state index in [1.165, 1.54) is 102 Å². The Labute approximate surface area is 426 Å². The molecule has 72 heavy (non-hydrogen) atoms. The molecule has 0 fully saturated rings. The minimum absolute atomic E-state index is 0.000307. The van der Waals surface area contributed by atoms with Crippen molar-refractivity contribution in [3.63, 3.8) is 0 Å². The predicted octanol–water partition coefficient (Wildman–Crippen LogP) is 17.5. The van der Waals surface area contributed by atoms with Gasteiger partial charge in [-0.3, -0.25) is 0 Å². The number of aryl methyl sites for hydroxylation is 1. The van der Waals surface area contributed by atoms with Crippen molar-refractivity contribution in [1.29, 1.82) is 0 Å². The highest BCUT2D eigenvalue weighted by molar-refractivity contribution is 6.94. The molecule has 5 heteroatoms. The van der Waals surface area contributed by atoms with Crippen molar-refractivity contribution in [2.45, 2.75) is 161 Å². The Kier molecular flexibility index (Phi) is 8.71. The molecule has 0 spiro atoms. The number of rotatable bonds is 2. The first-order valence-electron chi connectivity index (χ1n) is 27.1. The van der Waals surface area contributed by atoms with E-state index in [2.05, 4.69) is 209 Å². The Morgan fingerprint density at radius 3 is 1.61 bits per heavy atom. The highest BCUT2D eigenvalue weighted by Crippen LogP contribution is 2.58. The van der Waals surface area contributed by atoms with E-state index in [0.29, 0.717) is 0 Å². The number of fused-ring (bicyclic) bond motifs is 15.